The van der Waals surface area contributed by atoms with Gasteiger partial charge in [0.15, 0.2) is 6.10 Å². The Kier molecular flexibility index (Phi) is 14.6. The molecule has 1 fully saturated rings. The van der Waals surface area contributed by atoms with Crippen LogP contribution in [0.5, 0.6) is 0 Å². The van der Waals surface area contributed by atoms with E-state index in [-0.39, 0.29) is 60.8 Å². The quantitative estimate of drug-likeness (QED) is 0.144. The zero-order valence-electron chi connectivity index (χ0n) is 32.7. The molecule has 0 bridgehead atoms. The molecule has 298 valence electrons. The van der Waals surface area contributed by atoms with Gasteiger partial charge in [-0.05, 0) is 67.3 Å². The summed E-state index contributed by atoms with van der Waals surface area (Å²) in [7, 11) is 1.95. The van der Waals surface area contributed by atoms with E-state index >= 15 is 0 Å². The molecule has 5 rings (SSSR count). The van der Waals surface area contributed by atoms with Crippen molar-refractivity contribution < 1.29 is 33.8 Å². The Morgan fingerprint density at radius 1 is 1.07 bits per heavy atom. The zero-order chi connectivity index (χ0) is 39.8. The summed E-state index contributed by atoms with van der Waals surface area (Å²) in [6.07, 6.45) is 3.56. The summed E-state index contributed by atoms with van der Waals surface area (Å²) < 4.78 is 5.90. The number of thiophene rings is 1. The SMILES string of the molecule is CCC(C)C(NC(=O)C1CCCCN1C)C(=O)N(Cc1ccccc1)[C@H](C[C@@H](OC(C)=O)c1nc(C(=O)N[C@H]2Cc3sccc3[C@H](C(=O)O)C2)cs1)C(C)C. The molecule has 2 aromatic heterocycles. The number of hydrogen-bond donors (Lipinski definition) is 3. The molecule has 0 radical (unpaired) electrons. The number of amides is 3. The smallest absolute Gasteiger partial charge is 0.311 e. The Balaban J connectivity index is 1.40. The van der Waals surface area contributed by atoms with Gasteiger partial charge in [0.05, 0.1) is 12.0 Å². The number of nitrogens with one attached hydrogen (secondary N) is 2. The number of nitrogens with zero attached hydrogens (tertiary/aromatic N) is 3. The average Bonchev–Trinajstić information content (AvgIpc) is 3.85. The number of thiazole rings is 1. The van der Waals surface area contributed by atoms with E-state index in [4.69, 9.17) is 4.74 Å². The van der Waals surface area contributed by atoms with Crippen LogP contribution in [-0.4, -0.2) is 87.3 Å². The van der Waals surface area contributed by atoms with Crippen molar-refractivity contribution in [1.29, 1.82) is 0 Å². The molecule has 0 spiro atoms. The zero-order valence-corrected chi connectivity index (χ0v) is 34.3. The average molecular weight is 794 g/mol. The van der Waals surface area contributed by atoms with Crippen LogP contribution in [0.1, 0.15) is 117 Å². The number of fused-ring (bicyclic) bond motifs is 1. The van der Waals surface area contributed by atoms with Gasteiger partial charge in [-0.25, -0.2) is 4.98 Å². The standard InChI is InChI=1S/C41H55N5O7S2/c1-7-25(4)36(44-38(49)32-15-11-12-17-45(32)6)40(50)46(22-27-13-9-8-10-14-27)33(24(2)3)21-34(53-26(5)47)39-43-31(23-55-39)37(48)42-28-19-30(41(51)52)29-16-18-54-35(29)20-28/h8-10,13-14,16,18,23-25,28,30,32-34,36H,7,11-12,15,17,19-22H2,1-6H3,(H,42,48)(H,44,49)(H,51,52)/t25?,28-,30-,32?,33-,34-,36?/m1/s1. The maximum absolute atomic E-state index is 14.9. The highest BCUT2D eigenvalue weighted by atomic mass is 32.1. The summed E-state index contributed by atoms with van der Waals surface area (Å²) in [5.74, 6) is -3.17. The number of carboxylic acid groups (broad SMARTS) is 1. The summed E-state index contributed by atoms with van der Waals surface area (Å²) in [5.41, 5.74) is 1.87. The molecule has 3 heterocycles. The van der Waals surface area contributed by atoms with Gasteiger partial charge in [0, 0.05) is 48.7 Å². The number of carbonyl (C=O) groups is 5. The number of carbonyl (C=O) groups excluding carboxylic acids is 4. The van der Waals surface area contributed by atoms with Crippen molar-refractivity contribution >= 4 is 52.3 Å². The lowest BCUT2D eigenvalue weighted by atomic mass is 9.84. The van der Waals surface area contributed by atoms with Gasteiger partial charge in [0.1, 0.15) is 16.7 Å². The number of esters is 1. The Hall–Kier alpha value is -4.14. The fourth-order valence-corrected chi connectivity index (χ4v) is 9.59. The summed E-state index contributed by atoms with van der Waals surface area (Å²) in [6.45, 7) is 10.5. The minimum absolute atomic E-state index is 0.0955. The van der Waals surface area contributed by atoms with Gasteiger partial charge in [-0.2, -0.15) is 0 Å². The number of aromatic nitrogens is 1. The lowest BCUT2D eigenvalue weighted by Crippen LogP contribution is -2.58. The summed E-state index contributed by atoms with van der Waals surface area (Å²) in [5, 5.41) is 19.9. The van der Waals surface area contributed by atoms with Crippen LogP contribution in [0.25, 0.3) is 0 Å². The molecule has 3 N–H and O–H groups in total. The van der Waals surface area contributed by atoms with Gasteiger partial charge >= 0.3 is 11.9 Å². The molecule has 55 heavy (non-hydrogen) atoms. The lowest BCUT2D eigenvalue weighted by molar-refractivity contribution is -0.150. The molecule has 7 atom stereocenters. The second kappa shape index (κ2) is 19.1. The second-order valence-electron chi connectivity index (χ2n) is 15.3. The number of aliphatic carboxylic acids is 1. The van der Waals surface area contributed by atoms with Gasteiger partial charge < -0.3 is 25.4 Å². The first-order valence-corrected chi connectivity index (χ1v) is 21.1. The van der Waals surface area contributed by atoms with Gasteiger partial charge in [0.25, 0.3) is 5.91 Å². The number of likely N-dealkylation sites (tertiary alicyclic amines) is 1. The summed E-state index contributed by atoms with van der Waals surface area (Å²) >= 11 is 2.68. The van der Waals surface area contributed by atoms with Crippen LogP contribution in [0.15, 0.2) is 47.2 Å². The second-order valence-corrected chi connectivity index (χ2v) is 17.2. The van der Waals surface area contributed by atoms with Crippen molar-refractivity contribution in [1.82, 2.24) is 25.4 Å². The van der Waals surface area contributed by atoms with Crippen LogP contribution in [0, 0.1) is 11.8 Å². The Morgan fingerprint density at radius 3 is 2.47 bits per heavy atom. The number of hydrogen-bond acceptors (Lipinski definition) is 10. The first-order chi connectivity index (χ1) is 26.3. The van der Waals surface area contributed by atoms with Crippen LogP contribution < -0.4 is 10.6 Å². The van der Waals surface area contributed by atoms with Gasteiger partial charge in [-0.3, -0.25) is 28.9 Å². The molecule has 1 saturated heterocycles. The third kappa shape index (κ3) is 10.6. The molecule has 3 unspecified atom stereocenters. The maximum atomic E-state index is 14.9. The van der Waals surface area contributed by atoms with Crippen molar-refractivity contribution in [3.05, 3.63) is 73.9 Å². The van der Waals surface area contributed by atoms with Crippen molar-refractivity contribution in [3.63, 3.8) is 0 Å². The summed E-state index contributed by atoms with van der Waals surface area (Å²) in [6, 6.07) is 9.63. The molecule has 2 aliphatic rings. The molecule has 1 aliphatic heterocycles. The van der Waals surface area contributed by atoms with Crippen molar-refractivity contribution in [3.8, 4) is 0 Å². The number of ether oxygens (including phenoxy) is 1. The monoisotopic (exact) mass is 793 g/mol. The number of benzene rings is 1. The maximum Gasteiger partial charge on any atom is 0.311 e. The van der Waals surface area contributed by atoms with Crippen LogP contribution in [0.4, 0.5) is 0 Å². The molecule has 14 heteroatoms. The van der Waals surface area contributed by atoms with Crippen LogP contribution in [0.2, 0.25) is 0 Å². The normalized spacial score (nSPS) is 20.7. The molecular formula is C41H55N5O7S2. The fraction of sp³-hybridized carbons (Fsp3) is 0.561. The largest absolute Gasteiger partial charge is 0.481 e. The molecule has 0 saturated carbocycles. The van der Waals surface area contributed by atoms with Crippen LogP contribution >= 0.6 is 22.7 Å². The van der Waals surface area contributed by atoms with Gasteiger partial charge in [-0.1, -0.05) is 70.9 Å². The Morgan fingerprint density at radius 2 is 1.82 bits per heavy atom. The molecule has 12 nitrogen and oxygen atoms in total. The highest BCUT2D eigenvalue weighted by Gasteiger charge is 2.39. The van der Waals surface area contributed by atoms with Crippen molar-refractivity contribution in [2.45, 2.75) is 122 Å². The lowest BCUT2D eigenvalue weighted by Gasteiger charge is -2.40. The predicted molar refractivity (Wildman–Crippen MR) is 213 cm³/mol. The minimum atomic E-state index is -0.923. The minimum Gasteiger partial charge on any atom is -0.481 e. The van der Waals surface area contributed by atoms with Crippen molar-refractivity contribution in [2.75, 3.05) is 13.6 Å². The number of rotatable bonds is 16. The highest BCUT2D eigenvalue weighted by molar-refractivity contribution is 7.10. The summed E-state index contributed by atoms with van der Waals surface area (Å²) in [4.78, 5) is 76.2. The van der Waals surface area contributed by atoms with Gasteiger partial charge in [0.2, 0.25) is 11.8 Å². The van der Waals surface area contributed by atoms with E-state index in [1.165, 1.54) is 29.6 Å². The van der Waals surface area contributed by atoms with Gasteiger partial charge in [-0.15, -0.1) is 22.7 Å². The van der Waals surface area contributed by atoms with E-state index in [0.29, 0.717) is 17.8 Å². The van der Waals surface area contributed by atoms with E-state index in [1.807, 2.05) is 81.4 Å². The number of piperidine rings is 1. The topological polar surface area (TPSA) is 158 Å². The molecule has 3 aromatic rings. The first kappa shape index (κ1) is 42.0. The number of carboxylic acids is 1. The molecular weight excluding hydrogens is 739 g/mol. The van der Waals surface area contributed by atoms with E-state index in [0.717, 1.165) is 41.8 Å². The number of likely N-dealkylation sites (N-methyl/N-ethyl adjacent to an activating group) is 1. The third-order valence-electron chi connectivity index (χ3n) is 11.0. The van der Waals surface area contributed by atoms with E-state index in [2.05, 4.69) is 20.5 Å². The first-order valence-electron chi connectivity index (χ1n) is 19.3. The van der Waals surface area contributed by atoms with E-state index < -0.39 is 42.0 Å². The predicted octanol–water partition coefficient (Wildman–Crippen LogP) is 6.18. The third-order valence-corrected chi connectivity index (χ3v) is 12.9. The fourth-order valence-electron chi connectivity index (χ4n) is 7.72. The molecule has 1 aromatic carbocycles. The Labute approximate surface area is 332 Å². The van der Waals surface area contributed by atoms with Crippen LogP contribution in [0.3, 0.4) is 0 Å². The Bertz CT molecular complexity index is 1800. The van der Waals surface area contributed by atoms with Crippen molar-refractivity contribution in [2.24, 2.45) is 11.8 Å². The van der Waals surface area contributed by atoms with E-state index in [9.17, 15) is 29.1 Å². The van der Waals surface area contributed by atoms with Crippen LogP contribution in [-0.2, 0) is 36.9 Å². The molecule has 1 aliphatic carbocycles. The van der Waals surface area contributed by atoms with E-state index in [1.54, 1.807) is 5.38 Å². The highest BCUT2D eigenvalue weighted by Crippen LogP contribution is 2.36. The molecule has 3 amide bonds.